The number of carbonyl (C=O) groups excluding carboxylic acids is 3. The van der Waals surface area contributed by atoms with E-state index in [4.69, 9.17) is 9.15 Å². The van der Waals surface area contributed by atoms with E-state index in [9.17, 15) is 14.4 Å². The van der Waals surface area contributed by atoms with Crippen molar-refractivity contribution in [2.24, 2.45) is 0 Å². The van der Waals surface area contributed by atoms with Crippen molar-refractivity contribution in [3.05, 3.63) is 65.0 Å². The molecule has 8 nitrogen and oxygen atoms in total. The first-order valence-corrected chi connectivity index (χ1v) is 11.8. The molecule has 1 unspecified atom stereocenters. The van der Waals surface area contributed by atoms with Crippen LogP contribution in [0.3, 0.4) is 0 Å². The Morgan fingerprint density at radius 3 is 2.56 bits per heavy atom. The molecule has 6 rings (SSSR count). The molecule has 3 aliphatic rings. The van der Waals surface area contributed by atoms with E-state index in [0.717, 1.165) is 42.7 Å². The Morgan fingerprint density at radius 2 is 1.79 bits per heavy atom. The van der Waals surface area contributed by atoms with Crippen LogP contribution in [0.15, 0.2) is 46.9 Å². The Labute approximate surface area is 196 Å². The molecule has 3 amide bonds. The summed E-state index contributed by atoms with van der Waals surface area (Å²) in [6, 6.07) is 12.5. The zero-order valence-electron chi connectivity index (χ0n) is 18.7. The Kier molecular flexibility index (Phi) is 5.17. The predicted octanol–water partition coefficient (Wildman–Crippen LogP) is 3.62. The van der Waals surface area contributed by atoms with Gasteiger partial charge in [0.15, 0.2) is 11.5 Å². The zero-order valence-corrected chi connectivity index (χ0v) is 18.7. The number of piperidine rings is 1. The first kappa shape index (κ1) is 21.0. The van der Waals surface area contributed by atoms with E-state index in [2.05, 4.69) is 4.98 Å². The third kappa shape index (κ3) is 3.58. The van der Waals surface area contributed by atoms with Crippen molar-refractivity contribution in [1.82, 2.24) is 14.8 Å². The molecule has 2 aromatic carbocycles. The van der Waals surface area contributed by atoms with E-state index in [0.29, 0.717) is 36.4 Å². The first-order valence-electron chi connectivity index (χ1n) is 11.8. The number of para-hydroxylation sites is 2. The summed E-state index contributed by atoms with van der Waals surface area (Å²) in [4.78, 5) is 46.5. The summed E-state index contributed by atoms with van der Waals surface area (Å²) >= 11 is 0. The van der Waals surface area contributed by atoms with Gasteiger partial charge in [-0.2, -0.15) is 0 Å². The molecule has 2 fully saturated rings. The first-order chi connectivity index (χ1) is 16.6. The molecule has 1 aromatic heterocycles. The van der Waals surface area contributed by atoms with Gasteiger partial charge in [-0.3, -0.25) is 19.3 Å². The minimum Gasteiger partial charge on any atom is -0.440 e. The van der Waals surface area contributed by atoms with Crippen molar-refractivity contribution < 1.29 is 23.5 Å². The van der Waals surface area contributed by atoms with E-state index in [1.807, 2.05) is 24.3 Å². The van der Waals surface area contributed by atoms with Crippen molar-refractivity contribution in [2.75, 3.05) is 26.2 Å². The summed E-state index contributed by atoms with van der Waals surface area (Å²) in [7, 11) is 0. The van der Waals surface area contributed by atoms with Gasteiger partial charge in [0.05, 0.1) is 23.8 Å². The standard InChI is InChI=1S/C26H25N3O5/c30-24(28-11-9-16(10-12-28)23-27-21-5-1-2-6-22(21)34-23)17-7-8-19-20(14-17)26(32)29(25(19)31)15-18-4-3-13-33-18/h1-2,5-8,14,16,18H,3-4,9-13,15H2. The highest BCUT2D eigenvalue weighted by Gasteiger charge is 2.38. The number of nitrogens with zero attached hydrogens (tertiary/aromatic N) is 3. The second-order valence-corrected chi connectivity index (χ2v) is 9.20. The molecule has 2 saturated heterocycles. The summed E-state index contributed by atoms with van der Waals surface area (Å²) < 4.78 is 11.5. The topological polar surface area (TPSA) is 93.0 Å². The van der Waals surface area contributed by atoms with Crippen LogP contribution in [-0.4, -0.2) is 64.9 Å². The van der Waals surface area contributed by atoms with Crippen molar-refractivity contribution in [3.8, 4) is 0 Å². The van der Waals surface area contributed by atoms with Gasteiger partial charge in [0, 0.05) is 31.2 Å². The highest BCUT2D eigenvalue weighted by Crippen LogP contribution is 2.31. The quantitative estimate of drug-likeness (QED) is 0.554. The Balaban J connectivity index is 1.14. The van der Waals surface area contributed by atoms with E-state index in [1.165, 1.54) is 4.90 Å². The molecule has 1 atom stereocenters. The van der Waals surface area contributed by atoms with Crippen molar-refractivity contribution in [1.29, 1.82) is 0 Å². The predicted molar refractivity (Wildman–Crippen MR) is 123 cm³/mol. The third-order valence-corrected chi connectivity index (χ3v) is 7.07. The van der Waals surface area contributed by atoms with Gasteiger partial charge in [0.25, 0.3) is 17.7 Å². The van der Waals surface area contributed by atoms with E-state index < -0.39 is 0 Å². The molecule has 0 bridgehead atoms. The van der Waals surface area contributed by atoms with Crippen molar-refractivity contribution >= 4 is 28.8 Å². The summed E-state index contributed by atoms with van der Waals surface area (Å²) in [6.45, 7) is 2.09. The average Bonchev–Trinajstić information content (AvgIpc) is 3.60. The van der Waals surface area contributed by atoms with Gasteiger partial charge in [-0.15, -0.1) is 0 Å². The normalized spacial score (nSPS) is 21.0. The lowest BCUT2D eigenvalue weighted by atomic mass is 9.96. The van der Waals surface area contributed by atoms with E-state index in [-0.39, 0.29) is 36.3 Å². The lowest BCUT2D eigenvalue weighted by molar-refractivity contribution is 0.0475. The van der Waals surface area contributed by atoms with Gasteiger partial charge in [0.1, 0.15) is 5.52 Å². The molecule has 0 spiro atoms. The Morgan fingerprint density at radius 1 is 1.00 bits per heavy atom. The monoisotopic (exact) mass is 459 g/mol. The minimum atomic E-state index is -0.347. The molecular formula is C26H25N3O5. The van der Waals surface area contributed by atoms with Crippen LogP contribution in [0, 0.1) is 0 Å². The largest absolute Gasteiger partial charge is 0.440 e. The number of hydrogen-bond donors (Lipinski definition) is 0. The average molecular weight is 460 g/mol. The summed E-state index contributed by atoms with van der Waals surface area (Å²) in [5.74, 6) is 0.105. The molecule has 3 aliphatic heterocycles. The number of carbonyl (C=O) groups is 3. The van der Waals surface area contributed by atoms with Crippen LogP contribution in [0.5, 0.6) is 0 Å². The number of fused-ring (bicyclic) bond motifs is 2. The van der Waals surface area contributed by atoms with Crippen LogP contribution in [0.1, 0.15) is 68.6 Å². The number of benzene rings is 2. The molecule has 34 heavy (non-hydrogen) atoms. The maximum atomic E-state index is 13.2. The molecule has 0 N–H and O–H groups in total. The minimum absolute atomic E-state index is 0.106. The van der Waals surface area contributed by atoms with Crippen LogP contribution in [0.25, 0.3) is 11.1 Å². The van der Waals surface area contributed by atoms with Crippen LogP contribution >= 0.6 is 0 Å². The van der Waals surface area contributed by atoms with Gasteiger partial charge < -0.3 is 14.1 Å². The van der Waals surface area contributed by atoms with E-state index >= 15 is 0 Å². The van der Waals surface area contributed by atoms with Crippen molar-refractivity contribution in [3.63, 3.8) is 0 Å². The molecule has 8 heteroatoms. The molecular weight excluding hydrogens is 434 g/mol. The lowest BCUT2D eigenvalue weighted by Crippen LogP contribution is -2.38. The summed E-state index contributed by atoms with van der Waals surface area (Å²) in [5.41, 5.74) is 2.72. The fourth-order valence-electron chi connectivity index (χ4n) is 5.16. The van der Waals surface area contributed by atoms with Crippen LogP contribution < -0.4 is 0 Å². The third-order valence-electron chi connectivity index (χ3n) is 7.07. The summed E-state index contributed by atoms with van der Waals surface area (Å²) in [6.07, 6.45) is 3.20. The second kappa shape index (κ2) is 8.36. The fraction of sp³-hybridized carbons (Fsp3) is 0.385. The lowest BCUT2D eigenvalue weighted by Gasteiger charge is -2.30. The van der Waals surface area contributed by atoms with Gasteiger partial charge >= 0.3 is 0 Å². The zero-order chi connectivity index (χ0) is 23.2. The van der Waals surface area contributed by atoms with Crippen LogP contribution in [0.2, 0.25) is 0 Å². The molecule has 0 radical (unpaired) electrons. The Hall–Kier alpha value is -3.52. The highest BCUT2D eigenvalue weighted by molar-refractivity contribution is 6.22. The van der Waals surface area contributed by atoms with E-state index in [1.54, 1.807) is 23.1 Å². The number of imide groups is 1. The molecule has 0 aliphatic carbocycles. The number of amides is 3. The fourth-order valence-corrected chi connectivity index (χ4v) is 5.16. The maximum Gasteiger partial charge on any atom is 0.261 e. The smallest absolute Gasteiger partial charge is 0.261 e. The Bertz CT molecular complexity index is 1250. The number of rotatable bonds is 4. The number of likely N-dealkylation sites (tertiary alicyclic amines) is 1. The number of ether oxygens (including phenoxy) is 1. The molecule has 0 saturated carbocycles. The summed E-state index contributed by atoms with van der Waals surface area (Å²) in [5, 5.41) is 0. The van der Waals surface area contributed by atoms with Crippen LogP contribution in [-0.2, 0) is 4.74 Å². The highest BCUT2D eigenvalue weighted by atomic mass is 16.5. The van der Waals surface area contributed by atoms with Gasteiger partial charge in [-0.05, 0) is 56.0 Å². The van der Waals surface area contributed by atoms with Gasteiger partial charge in [-0.25, -0.2) is 4.98 Å². The molecule has 174 valence electrons. The number of aromatic nitrogens is 1. The van der Waals surface area contributed by atoms with Crippen LogP contribution in [0.4, 0.5) is 0 Å². The number of oxazole rings is 1. The second-order valence-electron chi connectivity index (χ2n) is 9.20. The van der Waals surface area contributed by atoms with Crippen molar-refractivity contribution in [2.45, 2.75) is 37.7 Å². The molecule has 4 heterocycles. The number of hydrogen-bond acceptors (Lipinski definition) is 6. The maximum absolute atomic E-state index is 13.2. The SMILES string of the molecule is O=C(c1ccc2c(c1)C(=O)N(CC1CCCO1)C2=O)N1CCC(c2nc3ccccc3o2)CC1. The van der Waals surface area contributed by atoms with Gasteiger partial charge in [-0.1, -0.05) is 12.1 Å². The molecule has 3 aromatic rings. The van der Waals surface area contributed by atoms with Gasteiger partial charge in [0.2, 0.25) is 0 Å².